The van der Waals surface area contributed by atoms with Crippen LogP contribution in [0.15, 0.2) is 0 Å². The molecule has 12 heavy (non-hydrogen) atoms. The van der Waals surface area contributed by atoms with Crippen molar-refractivity contribution < 1.29 is 4.74 Å². The molecule has 74 valence electrons. The maximum atomic E-state index is 5.08. The van der Waals surface area contributed by atoms with Crippen molar-refractivity contribution >= 4 is 0 Å². The smallest absolute Gasteiger partial charge is 0.0487 e. The third kappa shape index (κ3) is 5.56. The van der Waals surface area contributed by atoms with Crippen LogP contribution in [0.5, 0.6) is 0 Å². The van der Waals surface area contributed by atoms with Crippen molar-refractivity contribution in [3.05, 3.63) is 0 Å². The van der Waals surface area contributed by atoms with Gasteiger partial charge in [-0.3, -0.25) is 0 Å². The second-order valence-corrected chi connectivity index (χ2v) is 3.53. The molecule has 0 saturated carbocycles. The Balaban J connectivity index is 3.37. The Morgan fingerprint density at radius 3 is 2.42 bits per heavy atom. The molecular formula is C10H23NO. The van der Waals surface area contributed by atoms with Crippen LogP contribution < -0.4 is 5.32 Å². The minimum Gasteiger partial charge on any atom is -0.384 e. The number of rotatable bonds is 7. The van der Waals surface area contributed by atoms with Crippen molar-refractivity contribution in [1.29, 1.82) is 0 Å². The Morgan fingerprint density at radius 2 is 2.00 bits per heavy atom. The monoisotopic (exact) mass is 173 g/mol. The quantitative estimate of drug-likeness (QED) is 0.636. The van der Waals surface area contributed by atoms with Crippen molar-refractivity contribution in [2.45, 2.75) is 39.2 Å². The summed E-state index contributed by atoms with van der Waals surface area (Å²) in [5.41, 5.74) is 0. The Hall–Kier alpha value is -0.0800. The molecular weight excluding hydrogens is 150 g/mol. The van der Waals surface area contributed by atoms with Crippen LogP contribution in [0.1, 0.15) is 33.1 Å². The minimum atomic E-state index is 0.685. The minimum absolute atomic E-state index is 0.685. The van der Waals surface area contributed by atoms with Crippen LogP contribution in [-0.4, -0.2) is 26.8 Å². The molecule has 0 amide bonds. The summed E-state index contributed by atoms with van der Waals surface area (Å²) in [6.45, 7) is 5.36. The second-order valence-electron chi connectivity index (χ2n) is 3.53. The van der Waals surface area contributed by atoms with Gasteiger partial charge in [-0.2, -0.15) is 0 Å². The molecule has 0 aromatic rings. The zero-order valence-electron chi connectivity index (χ0n) is 8.89. The molecule has 0 rings (SSSR count). The van der Waals surface area contributed by atoms with Gasteiger partial charge in [0.1, 0.15) is 0 Å². The number of ether oxygens (including phenoxy) is 1. The first-order chi connectivity index (χ1) is 5.74. The van der Waals surface area contributed by atoms with Crippen LogP contribution in [0.3, 0.4) is 0 Å². The Bertz CT molecular complexity index is 91.8. The standard InChI is InChI=1S/C10H23NO/c1-5-10(11-3)7-6-9(2)8-12-4/h9-11H,5-8H2,1-4H3. The van der Waals surface area contributed by atoms with E-state index in [2.05, 4.69) is 19.2 Å². The van der Waals surface area contributed by atoms with E-state index >= 15 is 0 Å². The predicted molar refractivity (Wildman–Crippen MR) is 53.4 cm³/mol. The lowest BCUT2D eigenvalue weighted by Gasteiger charge is -2.16. The van der Waals surface area contributed by atoms with Gasteiger partial charge in [0.2, 0.25) is 0 Å². The summed E-state index contributed by atoms with van der Waals surface area (Å²) in [5.74, 6) is 0.692. The van der Waals surface area contributed by atoms with Crippen LogP contribution in [0.4, 0.5) is 0 Å². The van der Waals surface area contributed by atoms with E-state index in [1.165, 1.54) is 19.3 Å². The number of hydrogen-bond donors (Lipinski definition) is 1. The normalized spacial score (nSPS) is 16.0. The Morgan fingerprint density at radius 1 is 1.33 bits per heavy atom. The van der Waals surface area contributed by atoms with E-state index in [-0.39, 0.29) is 0 Å². The second kappa shape index (κ2) is 7.56. The highest BCUT2D eigenvalue weighted by molar-refractivity contribution is 4.64. The lowest BCUT2D eigenvalue weighted by Crippen LogP contribution is -2.25. The molecule has 2 nitrogen and oxygen atoms in total. The molecule has 1 N–H and O–H groups in total. The lowest BCUT2D eigenvalue weighted by atomic mass is 10.0. The zero-order chi connectivity index (χ0) is 9.40. The predicted octanol–water partition coefficient (Wildman–Crippen LogP) is 2.05. The average Bonchev–Trinajstić information content (AvgIpc) is 2.07. The molecule has 0 spiro atoms. The van der Waals surface area contributed by atoms with Gasteiger partial charge in [-0.05, 0) is 32.2 Å². The fourth-order valence-corrected chi connectivity index (χ4v) is 1.41. The Kier molecular flexibility index (Phi) is 7.51. The highest BCUT2D eigenvalue weighted by atomic mass is 16.5. The zero-order valence-corrected chi connectivity index (χ0v) is 8.89. The van der Waals surface area contributed by atoms with Crippen molar-refractivity contribution in [3.63, 3.8) is 0 Å². The van der Waals surface area contributed by atoms with E-state index in [0.29, 0.717) is 12.0 Å². The van der Waals surface area contributed by atoms with Gasteiger partial charge < -0.3 is 10.1 Å². The third-order valence-corrected chi connectivity index (χ3v) is 2.36. The SMILES string of the molecule is CCC(CCC(C)COC)NC. The van der Waals surface area contributed by atoms with Gasteiger partial charge in [-0.25, -0.2) is 0 Å². The van der Waals surface area contributed by atoms with Gasteiger partial charge in [0, 0.05) is 19.8 Å². The van der Waals surface area contributed by atoms with Crippen molar-refractivity contribution in [2.24, 2.45) is 5.92 Å². The van der Waals surface area contributed by atoms with E-state index in [9.17, 15) is 0 Å². The van der Waals surface area contributed by atoms with Crippen molar-refractivity contribution in [2.75, 3.05) is 20.8 Å². The summed E-state index contributed by atoms with van der Waals surface area (Å²) in [7, 11) is 3.81. The van der Waals surface area contributed by atoms with Gasteiger partial charge in [0.15, 0.2) is 0 Å². The molecule has 0 aliphatic heterocycles. The number of nitrogens with one attached hydrogen (secondary N) is 1. The fraction of sp³-hybridized carbons (Fsp3) is 1.00. The first-order valence-electron chi connectivity index (χ1n) is 4.90. The Labute approximate surface area is 76.7 Å². The van der Waals surface area contributed by atoms with Gasteiger partial charge in [-0.1, -0.05) is 13.8 Å². The summed E-state index contributed by atoms with van der Waals surface area (Å²) in [6.07, 6.45) is 3.74. The van der Waals surface area contributed by atoms with Gasteiger partial charge in [0.25, 0.3) is 0 Å². The first-order valence-corrected chi connectivity index (χ1v) is 4.90. The molecule has 0 aromatic carbocycles. The van der Waals surface area contributed by atoms with E-state index < -0.39 is 0 Å². The molecule has 0 saturated heterocycles. The summed E-state index contributed by atoms with van der Waals surface area (Å²) < 4.78 is 5.08. The molecule has 0 aliphatic rings. The molecule has 2 unspecified atom stereocenters. The fourth-order valence-electron chi connectivity index (χ4n) is 1.41. The third-order valence-electron chi connectivity index (χ3n) is 2.36. The summed E-state index contributed by atoms with van der Waals surface area (Å²) in [5, 5.41) is 3.31. The van der Waals surface area contributed by atoms with Crippen LogP contribution in [-0.2, 0) is 4.74 Å². The molecule has 0 radical (unpaired) electrons. The van der Waals surface area contributed by atoms with E-state index in [1.54, 1.807) is 7.11 Å². The van der Waals surface area contributed by atoms with Gasteiger partial charge in [0.05, 0.1) is 0 Å². The number of methoxy groups -OCH3 is 1. The molecule has 0 aromatic heterocycles. The summed E-state index contributed by atoms with van der Waals surface area (Å²) in [4.78, 5) is 0. The summed E-state index contributed by atoms with van der Waals surface area (Å²) >= 11 is 0. The maximum Gasteiger partial charge on any atom is 0.0487 e. The van der Waals surface area contributed by atoms with Gasteiger partial charge >= 0.3 is 0 Å². The molecule has 0 fully saturated rings. The van der Waals surface area contributed by atoms with E-state index in [0.717, 1.165) is 6.61 Å². The molecule has 2 heteroatoms. The molecule has 2 atom stereocenters. The van der Waals surface area contributed by atoms with Crippen molar-refractivity contribution in [1.82, 2.24) is 5.32 Å². The average molecular weight is 173 g/mol. The first kappa shape index (κ1) is 11.9. The topological polar surface area (TPSA) is 21.3 Å². The van der Waals surface area contributed by atoms with E-state index in [4.69, 9.17) is 4.74 Å². The number of hydrogen-bond acceptors (Lipinski definition) is 2. The summed E-state index contributed by atoms with van der Waals surface area (Å²) in [6, 6.07) is 0.685. The van der Waals surface area contributed by atoms with Gasteiger partial charge in [-0.15, -0.1) is 0 Å². The largest absolute Gasteiger partial charge is 0.384 e. The molecule has 0 aliphatic carbocycles. The lowest BCUT2D eigenvalue weighted by molar-refractivity contribution is 0.152. The van der Waals surface area contributed by atoms with Crippen LogP contribution >= 0.6 is 0 Å². The van der Waals surface area contributed by atoms with Crippen molar-refractivity contribution in [3.8, 4) is 0 Å². The van der Waals surface area contributed by atoms with Crippen LogP contribution in [0.2, 0.25) is 0 Å². The highest BCUT2D eigenvalue weighted by Crippen LogP contribution is 2.09. The molecule has 0 bridgehead atoms. The molecule has 0 heterocycles. The van der Waals surface area contributed by atoms with Crippen LogP contribution in [0, 0.1) is 5.92 Å². The maximum absolute atomic E-state index is 5.08. The highest BCUT2D eigenvalue weighted by Gasteiger charge is 2.06. The van der Waals surface area contributed by atoms with Crippen LogP contribution in [0.25, 0.3) is 0 Å². The van der Waals surface area contributed by atoms with E-state index in [1.807, 2.05) is 7.05 Å².